The first kappa shape index (κ1) is 13.8. The summed E-state index contributed by atoms with van der Waals surface area (Å²) in [7, 11) is 3.29. The van der Waals surface area contributed by atoms with Crippen LogP contribution in [0.4, 0.5) is 0 Å². The Kier molecular flexibility index (Phi) is 5.84. The Morgan fingerprint density at radius 1 is 1.12 bits per heavy atom. The normalized spacial score (nSPS) is 12.2. The summed E-state index contributed by atoms with van der Waals surface area (Å²) in [5, 5.41) is 0. The van der Waals surface area contributed by atoms with Crippen LogP contribution in [0.5, 0.6) is 11.5 Å². The van der Waals surface area contributed by atoms with Crippen LogP contribution in [0, 0.1) is 0 Å². The van der Waals surface area contributed by atoms with E-state index in [1.807, 2.05) is 18.2 Å². The van der Waals surface area contributed by atoms with Crippen molar-refractivity contribution in [2.45, 2.75) is 32.8 Å². The minimum atomic E-state index is 0.329. The van der Waals surface area contributed by atoms with E-state index in [1.165, 1.54) is 5.56 Å². The number of rotatable bonds is 7. The quantitative estimate of drug-likeness (QED) is 0.730. The molecule has 1 aromatic carbocycles. The molecule has 0 saturated carbocycles. The van der Waals surface area contributed by atoms with Crippen LogP contribution in [-0.4, -0.2) is 26.9 Å². The van der Waals surface area contributed by atoms with Crippen molar-refractivity contribution in [2.24, 2.45) is 0 Å². The monoisotopic (exact) mass is 238 g/mol. The van der Waals surface area contributed by atoms with Crippen LogP contribution < -0.4 is 9.47 Å². The third-order valence-corrected chi connectivity index (χ3v) is 2.82. The predicted octanol–water partition coefficient (Wildman–Crippen LogP) is 3.06. The highest BCUT2D eigenvalue weighted by atomic mass is 16.5. The molecule has 0 radical (unpaired) electrons. The van der Waals surface area contributed by atoms with Gasteiger partial charge in [0.2, 0.25) is 0 Å². The number of methoxy groups -OCH3 is 2. The molecule has 0 N–H and O–H groups in total. The van der Waals surface area contributed by atoms with Crippen LogP contribution >= 0.6 is 0 Å². The molecule has 0 amide bonds. The molecular formula is C14H22O3. The van der Waals surface area contributed by atoms with Crippen molar-refractivity contribution in [3.63, 3.8) is 0 Å². The van der Waals surface area contributed by atoms with Gasteiger partial charge < -0.3 is 14.2 Å². The van der Waals surface area contributed by atoms with Crippen molar-refractivity contribution in [1.29, 1.82) is 0 Å². The average Bonchev–Trinajstić information content (AvgIpc) is 2.38. The number of benzene rings is 1. The minimum Gasteiger partial charge on any atom is -0.493 e. The molecule has 3 heteroatoms. The average molecular weight is 238 g/mol. The first-order chi connectivity index (χ1) is 8.21. The topological polar surface area (TPSA) is 27.7 Å². The van der Waals surface area contributed by atoms with E-state index in [9.17, 15) is 0 Å². The fourth-order valence-corrected chi connectivity index (χ4v) is 1.53. The highest BCUT2D eigenvalue weighted by Gasteiger charge is 2.05. The molecule has 3 nitrogen and oxygen atoms in total. The number of hydrogen-bond acceptors (Lipinski definition) is 3. The molecule has 0 bridgehead atoms. The molecule has 1 atom stereocenters. The fraction of sp³-hybridized carbons (Fsp3) is 0.571. The van der Waals surface area contributed by atoms with Crippen LogP contribution in [0.25, 0.3) is 0 Å². The van der Waals surface area contributed by atoms with E-state index in [2.05, 4.69) is 13.8 Å². The smallest absolute Gasteiger partial charge is 0.160 e. The Balaban J connectivity index is 2.54. The maximum atomic E-state index is 5.65. The molecule has 0 saturated heterocycles. The van der Waals surface area contributed by atoms with Crippen LogP contribution in [0.1, 0.15) is 25.8 Å². The van der Waals surface area contributed by atoms with E-state index in [1.54, 1.807) is 14.2 Å². The standard InChI is InChI=1S/C14H22O3/c1-5-11(2)17-9-8-12-6-7-13(15-3)14(10-12)16-4/h6-7,10-11H,5,8-9H2,1-4H3. The molecule has 0 aromatic heterocycles. The van der Waals surface area contributed by atoms with Crippen LogP contribution in [0.2, 0.25) is 0 Å². The molecule has 1 rings (SSSR count). The summed E-state index contributed by atoms with van der Waals surface area (Å²) in [4.78, 5) is 0. The minimum absolute atomic E-state index is 0.329. The van der Waals surface area contributed by atoms with Gasteiger partial charge in [0.1, 0.15) is 0 Å². The Hall–Kier alpha value is -1.22. The van der Waals surface area contributed by atoms with E-state index in [4.69, 9.17) is 14.2 Å². The first-order valence-electron chi connectivity index (χ1n) is 6.03. The molecule has 0 aliphatic rings. The van der Waals surface area contributed by atoms with E-state index in [0.717, 1.165) is 30.9 Å². The van der Waals surface area contributed by atoms with E-state index < -0.39 is 0 Å². The van der Waals surface area contributed by atoms with Gasteiger partial charge in [-0.15, -0.1) is 0 Å². The summed E-state index contributed by atoms with van der Waals surface area (Å²) >= 11 is 0. The van der Waals surface area contributed by atoms with Gasteiger partial charge in [-0.25, -0.2) is 0 Å². The summed E-state index contributed by atoms with van der Waals surface area (Å²) in [5.74, 6) is 1.53. The number of hydrogen-bond donors (Lipinski definition) is 0. The van der Waals surface area contributed by atoms with Crippen molar-refractivity contribution in [3.8, 4) is 11.5 Å². The molecule has 0 aliphatic heterocycles. The first-order valence-corrected chi connectivity index (χ1v) is 6.03. The summed E-state index contributed by atoms with van der Waals surface area (Å²) in [6.45, 7) is 4.96. The molecular weight excluding hydrogens is 216 g/mol. The van der Waals surface area contributed by atoms with E-state index in [-0.39, 0.29) is 0 Å². The lowest BCUT2D eigenvalue weighted by Gasteiger charge is -2.12. The van der Waals surface area contributed by atoms with Crippen LogP contribution in [0.3, 0.4) is 0 Å². The van der Waals surface area contributed by atoms with Gasteiger partial charge in [-0.2, -0.15) is 0 Å². The molecule has 17 heavy (non-hydrogen) atoms. The zero-order chi connectivity index (χ0) is 12.7. The molecule has 0 spiro atoms. The second-order valence-electron chi connectivity index (χ2n) is 4.03. The van der Waals surface area contributed by atoms with E-state index in [0.29, 0.717) is 6.10 Å². The third kappa shape index (κ3) is 4.27. The molecule has 0 fully saturated rings. The van der Waals surface area contributed by atoms with Gasteiger partial charge in [-0.1, -0.05) is 13.0 Å². The fourth-order valence-electron chi connectivity index (χ4n) is 1.53. The molecule has 1 unspecified atom stereocenters. The Bertz CT molecular complexity index is 336. The van der Waals surface area contributed by atoms with Gasteiger partial charge in [0, 0.05) is 0 Å². The maximum absolute atomic E-state index is 5.65. The van der Waals surface area contributed by atoms with Gasteiger partial charge in [-0.3, -0.25) is 0 Å². The van der Waals surface area contributed by atoms with Crippen LogP contribution in [0.15, 0.2) is 18.2 Å². The van der Waals surface area contributed by atoms with Gasteiger partial charge in [-0.05, 0) is 37.5 Å². The van der Waals surface area contributed by atoms with E-state index >= 15 is 0 Å². The highest BCUT2D eigenvalue weighted by Crippen LogP contribution is 2.27. The molecule has 0 aliphatic carbocycles. The lowest BCUT2D eigenvalue weighted by molar-refractivity contribution is 0.0659. The van der Waals surface area contributed by atoms with Crippen molar-refractivity contribution in [3.05, 3.63) is 23.8 Å². The third-order valence-electron chi connectivity index (χ3n) is 2.82. The maximum Gasteiger partial charge on any atom is 0.160 e. The van der Waals surface area contributed by atoms with Crippen molar-refractivity contribution in [1.82, 2.24) is 0 Å². The SMILES string of the molecule is CCC(C)OCCc1ccc(OC)c(OC)c1. The lowest BCUT2D eigenvalue weighted by Crippen LogP contribution is -2.09. The van der Waals surface area contributed by atoms with Gasteiger partial charge >= 0.3 is 0 Å². The largest absolute Gasteiger partial charge is 0.493 e. The van der Waals surface area contributed by atoms with Gasteiger partial charge in [0.15, 0.2) is 11.5 Å². The summed E-state index contributed by atoms with van der Waals surface area (Å²) in [5.41, 5.74) is 1.20. The van der Waals surface area contributed by atoms with Crippen LogP contribution in [-0.2, 0) is 11.2 Å². The van der Waals surface area contributed by atoms with Gasteiger partial charge in [0.25, 0.3) is 0 Å². The summed E-state index contributed by atoms with van der Waals surface area (Å²) in [6.07, 6.45) is 2.27. The predicted molar refractivity (Wildman–Crippen MR) is 69.0 cm³/mol. The molecule has 96 valence electrons. The highest BCUT2D eigenvalue weighted by molar-refractivity contribution is 5.42. The molecule has 0 heterocycles. The Labute approximate surface area is 104 Å². The number of ether oxygens (including phenoxy) is 3. The van der Waals surface area contributed by atoms with Crippen molar-refractivity contribution >= 4 is 0 Å². The van der Waals surface area contributed by atoms with Gasteiger partial charge in [0.05, 0.1) is 26.9 Å². The Morgan fingerprint density at radius 3 is 2.41 bits per heavy atom. The van der Waals surface area contributed by atoms with Crippen molar-refractivity contribution < 1.29 is 14.2 Å². The summed E-state index contributed by atoms with van der Waals surface area (Å²) < 4.78 is 16.1. The zero-order valence-electron chi connectivity index (χ0n) is 11.2. The zero-order valence-corrected chi connectivity index (χ0v) is 11.2. The Morgan fingerprint density at radius 2 is 1.82 bits per heavy atom. The molecule has 1 aromatic rings. The lowest BCUT2D eigenvalue weighted by atomic mass is 10.1. The second-order valence-corrected chi connectivity index (χ2v) is 4.03. The summed E-state index contributed by atoms with van der Waals surface area (Å²) in [6, 6.07) is 5.97. The van der Waals surface area contributed by atoms with Crippen molar-refractivity contribution in [2.75, 3.05) is 20.8 Å². The second kappa shape index (κ2) is 7.17.